The van der Waals surface area contributed by atoms with Gasteiger partial charge >= 0.3 is 0 Å². The molecule has 6 aromatic rings. The highest BCUT2D eigenvalue weighted by Gasteiger charge is 2.33. The standard InChI is InChI=1S/C22H24FN3O4S.C20H20FN3O4S/c1-3-12-31(28,29)20-7-5-4-6-17(20)21(27)26-11-10-25(14-15(26)2)22-24-18-9-8-16(23)13-19(18)30-22;1-2-29(26,27)18-6-4-3-5-15(18)19(25)23-9-11-24(12-10-23)20-22-16-8-7-14(21)13-17(16)28-20/h4-9,13,15H,3,10-12,14H2,1-2H3;3-8,13H,2,9-12H2,1H3. The smallest absolute Gasteiger partial charge is 0.298 e. The molecular weight excluding hydrogens is 819 g/mol. The van der Waals surface area contributed by atoms with E-state index in [-0.39, 0.29) is 50.3 Å². The second kappa shape index (κ2) is 17.4. The third kappa shape index (κ3) is 8.84. The van der Waals surface area contributed by atoms with E-state index in [2.05, 4.69) is 9.97 Å². The molecule has 8 rings (SSSR count). The lowest BCUT2D eigenvalue weighted by Gasteiger charge is -2.39. The summed E-state index contributed by atoms with van der Waals surface area (Å²) in [4.78, 5) is 42.3. The van der Waals surface area contributed by atoms with Crippen LogP contribution in [0.5, 0.6) is 0 Å². The molecule has 0 saturated carbocycles. The molecule has 2 fully saturated rings. The van der Waals surface area contributed by atoms with Crippen LogP contribution < -0.4 is 9.80 Å². The van der Waals surface area contributed by atoms with E-state index in [9.17, 15) is 35.2 Å². The van der Waals surface area contributed by atoms with Gasteiger partial charge in [-0.3, -0.25) is 9.59 Å². The Labute approximate surface area is 346 Å². The van der Waals surface area contributed by atoms with Crippen molar-refractivity contribution in [3.8, 4) is 0 Å². The Morgan fingerprint density at radius 2 is 1.17 bits per heavy atom. The number of piperazine rings is 2. The third-order valence-corrected chi connectivity index (χ3v) is 14.2. The van der Waals surface area contributed by atoms with E-state index in [1.165, 1.54) is 36.4 Å². The summed E-state index contributed by atoms with van der Waals surface area (Å²) < 4.78 is 88.1. The average Bonchev–Trinajstić information content (AvgIpc) is 3.87. The third-order valence-electron chi connectivity index (χ3n) is 10.4. The van der Waals surface area contributed by atoms with Gasteiger partial charge in [0.15, 0.2) is 30.8 Å². The molecule has 2 aromatic heterocycles. The molecule has 0 N–H and O–H groups in total. The van der Waals surface area contributed by atoms with Crippen LogP contribution in [-0.2, 0) is 19.7 Å². The monoisotopic (exact) mass is 862 g/mol. The molecule has 4 heterocycles. The summed E-state index contributed by atoms with van der Waals surface area (Å²) in [5.41, 5.74) is 2.28. The van der Waals surface area contributed by atoms with Crippen molar-refractivity contribution >= 4 is 65.7 Å². The van der Waals surface area contributed by atoms with Gasteiger partial charge in [0.1, 0.15) is 22.7 Å². The Balaban J connectivity index is 0.000000182. The minimum absolute atomic E-state index is 0.00105. The van der Waals surface area contributed by atoms with Gasteiger partial charge in [-0.1, -0.05) is 38.1 Å². The first-order valence-electron chi connectivity index (χ1n) is 19.5. The maximum absolute atomic E-state index is 13.4. The van der Waals surface area contributed by atoms with Crippen LogP contribution in [-0.4, -0.2) is 112 Å². The van der Waals surface area contributed by atoms with Crippen LogP contribution in [0.2, 0.25) is 0 Å². The number of anilines is 2. The molecule has 316 valence electrons. The largest absolute Gasteiger partial charge is 0.423 e. The molecule has 0 aliphatic carbocycles. The van der Waals surface area contributed by atoms with Crippen LogP contribution in [0.15, 0.2) is 104 Å². The highest BCUT2D eigenvalue weighted by atomic mass is 32.2. The predicted molar refractivity (Wildman–Crippen MR) is 222 cm³/mol. The number of fused-ring (bicyclic) bond motifs is 2. The van der Waals surface area contributed by atoms with Gasteiger partial charge in [-0.05, 0) is 61.9 Å². The van der Waals surface area contributed by atoms with Crippen LogP contribution in [0.3, 0.4) is 0 Å². The number of halogens is 2. The van der Waals surface area contributed by atoms with E-state index in [4.69, 9.17) is 8.83 Å². The van der Waals surface area contributed by atoms with Crippen molar-refractivity contribution in [3.63, 3.8) is 0 Å². The summed E-state index contributed by atoms with van der Waals surface area (Å²) in [6.07, 6.45) is 0.480. The van der Waals surface area contributed by atoms with Crippen molar-refractivity contribution < 1.29 is 44.0 Å². The number of sulfone groups is 2. The second-order valence-electron chi connectivity index (χ2n) is 14.5. The number of aromatic nitrogens is 2. The van der Waals surface area contributed by atoms with Crippen LogP contribution >= 0.6 is 0 Å². The maximum atomic E-state index is 13.4. The normalized spacial score (nSPS) is 16.2. The zero-order valence-corrected chi connectivity index (χ0v) is 34.9. The second-order valence-corrected chi connectivity index (χ2v) is 18.8. The quantitative estimate of drug-likeness (QED) is 0.161. The zero-order valence-electron chi connectivity index (χ0n) is 33.3. The lowest BCUT2D eigenvalue weighted by molar-refractivity contribution is 0.0666. The Kier molecular flexibility index (Phi) is 12.2. The van der Waals surface area contributed by atoms with Gasteiger partial charge in [0.25, 0.3) is 23.8 Å². The molecule has 2 aliphatic heterocycles. The molecule has 2 aliphatic rings. The molecule has 14 nitrogen and oxygen atoms in total. The van der Waals surface area contributed by atoms with E-state index in [0.717, 1.165) is 0 Å². The lowest BCUT2D eigenvalue weighted by atomic mass is 10.1. The van der Waals surface area contributed by atoms with Crippen molar-refractivity contribution in [2.75, 3.05) is 67.1 Å². The van der Waals surface area contributed by atoms with Gasteiger partial charge in [0, 0.05) is 64.0 Å². The fourth-order valence-corrected chi connectivity index (χ4v) is 9.89. The molecule has 4 aromatic carbocycles. The number of hydrogen-bond acceptors (Lipinski definition) is 12. The number of carbonyl (C=O) groups is 2. The Morgan fingerprint density at radius 3 is 1.70 bits per heavy atom. The van der Waals surface area contributed by atoms with Crippen molar-refractivity contribution in [1.82, 2.24) is 19.8 Å². The predicted octanol–water partition coefficient (Wildman–Crippen LogP) is 6.22. The van der Waals surface area contributed by atoms with Gasteiger partial charge in [-0.15, -0.1) is 0 Å². The SMILES string of the molecule is CCCS(=O)(=O)c1ccccc1C(=O)N1CCN(c2nc3ccc(F)cc3o2)CC1C.CCS(=O)(=O)c1ccccc1C(=O)N1CCN(c2nc3ccc(F)cc3o2)CC1. The van der Waals surface area contributed by atoms with Crippen LogP contribution in [0, 0.1) is 11.6 Å². The first-order valence-corrected chi connectivity index (χ1v) is 22.9. The summed E-state index contributed by atoms with van der Waals surface area (Å²) in [5.74, 6) is -1.46. The number of hydrogen-bond donors (Lipinski definition) is 0. The number of amides is 2. The summed E-state index contributed by atoms with van der Waals surface area (Å²) in [5, 5.41) is 0. The maximum Gasteiger partial charge on any atom is 0.298 e. The number of carbonyl (C=O) groups excluding carboxylic acids is 2. The molecule has 1 atom stereocenters. The van der Waals surface area contributed by atoms with E-state index in [1.54, 1.807) is 72.2 Å². The minimum atomic E-state index is -3.53. The fourth-order valence-electron chi connectivity index (χ4n) is 7.27. The summed E-state index contributed by atoms with van der Waals surface area (Å²) >= 11 is 0. The molecule has 0 radical (unpaired) electrons. The van der Waals surface area contributed by atoms with Gasteiger partial charge in [-0.2, -0.15) is 9.97 Å². The number of benzene rings is 4. The fraction of sp³-hybridized carbons (Fsp3) is 0.333. The Bertz CT molecular complexity index is 2770. The minimum Gasteiger partial charge on any atom is -0.423 e. The molecule has 2 saturated heterocycles. The first-order chi connectivity index (χ1) is 28.7. The Morgan fingerprint density at radius 1 is 0.667 bits per heavy atom. The van der Waals surface area contributed by atoms with E-state index >= 15 is 0 Å². The van der Waals surface area contributed by atoms with Crippen molar-refractivity contribution in [3.05, 3.63) is 108 Å². The Hall–Kier alpha value is -5.88. The molecule has 2 amide bonds. The topological polar surface area (TPSA) is 167 Å². The lowest BCUT2D eigenvalue weighted by Crippen LogP contribution is -2.54. The van der Waals surface area contributed by atoms with E-state index in [1.807, 2.05) is 16.7 Å². The first kappa shape index (κ1) is 42.3. The molecule has 18 heteroatoms. The molecular formula is C42H44F2N6O8S2. The number of oxazole rings is 2. The van der Waals surface area contributed by atoms with Crippen LogP contribution in [0.1, 0.15) is 47.9 Å². The van der Waals surface area contributed by atoms with Crippen molar-refractivity contribution in [2.24, 2.45) is 0 Å². The molecule has 0 bridgehead atoms. The van der Waals surface area contributed by atoms with Crippen LogP contribution in [0.25, 0.3) is 22.2 Å². The zero-order chi connectivity index (χ0) is 42.8. The van der Waals surface area contributed by atoms with Gasteiger partial charge in [0.2, 0.25) is 0 Å². The molecule has 0 spiro atoms. The van der Waals surface area contributed by atoms with Crippen molar-refractivity contribution in [1.29, 1.82) is 0 Å². The van der Waals surface area contributed by atoms with Gasteiger partial charge < -0.3 is 28.4 Å². The van der Waals surface area contributed by atoms with E-state index in [0.29, 0.717) is 86.5 Å². The van der Waals surface area contributed by atoms with Gasteiger partial charge in [-0.25, -0.2) is 25.6 Å². The number of nitrogens with zero attached hydrogens (tertiary/aromatic N) is 6. The van der Waals surface area contributed by atoms with E-state index < -0.39 is 31.3 Å². The highest BCUT2D eigenvalue weighted by molar-refractivity contribution is 7.91. The molecule has 1 unspecified atom stereocenters. The average molecular weight is 863 g/mol. The summed E-state index contributed by atoms with van der Waals surface area (Å²) in [7, 11) is -7.03. The summed E-state index contributed by atoms with van der Waals surface area (Å²) in [6, 6.07) is 21.6. The van der Waals surface area contributed by atoms with Gasteiger partial charge in [0.05, 0.1) is 32.4 Å². The number of rotatable bonds is 9. The van der Waals surface area contributed by atoms with Crippen molar-refractivity contribution in [2.45, 2.75) is 43.0 Å². The molecule has 60 heavy (non-hydrogen) atoms. The summed E-state index contributed by atoms with van der Waals surface area (Å²) in [6.45, 7) is 8.31. The highest BCUT2D eigenvalue weighted by Crippen LogP contribution is 2.28. The van der Waals surface area contributed by atoms with Crippen LogP contribution in [0.4, 0.5) is 20.8 Å².